The first kappa shape index (κ1) is 29.6. The zero-order valence-corrected chi connectivity index (χ0v) is 26.2. The van der Waals surface area contributed by atoms with Crippen LogP contribution in [0.25, 0.3) is 16.8 Å². The average Bonchev–Trinajstić information content (AvgIpc) is 3.61. The highest BCUT2D eigenvalue weighted by molar-refractivity contribution is 6.19. The molecular formula is C38H48ClN2+. The number of halogens is 1. The van der Waals surface area contributed by atoms with Crippen LogP contribution in [0.1, 0.15) is 76.8 Å². The largest absolute Gasteiger partial charge is 0.372 e. The first-order chi connectivity index (χ1) is 20.0. The van der Waals surface area contributed by atoms with Gasteiger partial charge in [-0.2, -0.15) is 4.58 Å². The minimum absolute atomic E-state index is 0.113. The van der Waals surface area contributed by atoms with Gasteiger partial charge in [-0.1, -0.05) is 74.6 Å². The quantitative estimate of drug-likeness (QED) is 0.0861. The molecule has 2 aliphatic rings. The Kier molecular flexibility index (Phi) is 9.71. The second-order valence-electron chi connectivity index (χ2n) is 12.2. The molecule has 1 saturated carbocycles. The van der Waals surface area contributed by atoms with E-state index < -0.39 is 0 Å². The predicted molar refractivity (Wildman–Crippen MR) is 180 cm³/mol. The SMILES string of the molecule is C=CC(CCl)C1(C)C(C=Cc2ccc(N(CC)CC)cc2)=[N+](CCCCC2CCCC2)c2ccc3ccccc3c21. The second kappa shape index (κ2) is 13.4. The van der Waals surface area contributed by atoms with Crippen LogP contribution in [0.4, 0.5) is 11.4 Å². The average molecular weight is 568 g/mol. The van der Waals surface area contributed by atoms with Gasteiger partial charge in [0.25, 0.3) is 0 Å². The summed E-state index contributed by atoms with van der Waals surface area (Å²) in [7, 11) is 0. The topological polar surface area (TPSA) is 6.25 Å². The third-order valence-electron chi connectivity index (χ3n) is 9.91. The summed E-state index contributed by atoms with van der Waals surface area (Å²) in [6.45, 7) is 14.2. The Morgan fingerprint density at radius 1 is 0.976 bits per heavy atom. The van der Waals surface area contributed by atoms with Gasteiger partial charge in [-0.05, 0) is 73.7 Å². The maximum absolute atomic E-state index is 6.73. The highest BCUT2D eigenvalue weighted by atomic mass is 35.5. The van der Waals surface area contributed by atoms with Crippen LogP contribution < -0.4 is 4.90 Å². The number of nitrogens with zero attached hydrogens (tertiary/aromatic N) is 2. The van der Waals surface area contributed by atoms with Gasteiger partial charge in [0.15, 0.2) is 5.71 Å². The fraction of sp³-hybridized carbons (Fsp3) is 0.447. The van der Waals surface area contributed by atoms with Gasteiger partial charge in [0, 0.05) is 54.7 Å². The maximum Gasteiger partial charge on any atom is 0.210 e. The van der Waals surface area contributed by atoms with Gasteiger partial charge in [-0.25, -0.2) is 0 Å². The van der Waals surface area contributed by atoms with Crippen LogP contribution in [0.5, 0.6) is 0 Å². The minimum atomic E-state index is -0.275. The lowest BCUT2D eigenvalue weighted by Crippen LogP contribution is -2.39. The molecule has 1 aliphatic heterocycles. The standard InChI is InChI=1S/C38H48ClN2/c1-5-32(28-39)38(4)36(26-21-30-19-23-33(24-20-30)40(6-2)7-3)41(27-13-12-16-29-14-8-9-15-29)35-25-22-31-17-10-11-18-34(31)37(35)38/h5,10-11,17-26,29,32H,1,6-9,12-16,27-28H2,2-4H3/q+1. The van der Waals surface area contributed by atoms with Crippen molar-refractivity contribution in [3.8, 4) is 0 Å². The van der Waals surface area contributed by atoms with Crippen molar-refractivity contribution in [3.05, 3.63) is 90.5 Å². The maximum atomic E-state index is 6.73. The molecule has 1 heterocycles. The van der Waals surface area contributed by atoms with Gasteiger partial charge < -0.3 is 4.90 Å². The van der Waals surface area contributed by atoms with E-state index in [1.54, 1.807) is 0 Å². The van der Waals surface area contributed by atoms with E-state index in [0.717, 1.165) is 25.6 Å². The first-order valence-electron chi connectivity index (χ1n) is 15.9. The fourth-order valence-electron chi connectivity index (χ4n) is 7.46. The Bertz CT molecular complexity index is 1390. The molecule has 0 aromatic heterocycles. The number of hydrogen-bond donors (Lipinski definition) is 0. The number of alkyl halides is 1. The third-order valence-corrected chi connectivity index (χ3v) is 10.2. The zero-order valence-electron chi connectivity index (χ0n) is 25.4. The summed E-state index contributed by atoms with van der Waals surface area (Å²) in [5.41, 5.74) is 6.29. The van der Waals surface area contributed by atoms with Gasteiger partial charge in [-0.3, -0.25) is 0 Å². The molecule has 0 radical (unpaired) electrons. The number of benzene rings is 3. The van der Waals surface area contributed by atoms with Crippen LogP contribution in [-0.2, 0) is 5.41 Å². The molecule has 1 aliphatic carbocycles. The van der Waals surface area contributed by atoms with Gasteiger partial charge in [0.2, 0.25) is 5.69 Å². The monoisotopic (exact) mass is 567 g/mol. The molecule has 5 rings (SSSR count). The lowest BCUT2D eigenvalue weighted by Gasteiger charge is -2.30. The number of rotatable bonds is 13. The molecule has 0 amide bonds. The number of anilines is 1. The van der Waals surface area contributed by atoms with Crippen molar-refractivity contribution in [1.82, 2.24) is 0 Å². The van der Waals surface area contributed by atoms with E-state index >= 15 is 0 Å². The van der Waals surface area contributed by atoms with Crippen molar-refractivity contribution in [3.63, 3.8) is 0 Å². The first-order valence-corrected chi connectivity index (χ1v) is 16.5. The van der Waals surface area contributed by atoms with Crippen molar-refractivity contribution in [1.29, 1.82) is 0 Å². The molecule has 0 N–H and O–H groups in total. The molecule has 2 atom stereocenters. The fourth-order valence-corrected chi connectivity index (χ4v) is 7.90. The Morgan fingerprint density at radius 3 is 2.39 bits per heavy atom. The van der Waals surface area contributed by atoms with Crippen LogP contribution in [0.3, 0.4) is 0 Å². The highest BCUT2D eigenvalue weighted by Crippen LogP contribution is 2.49. The molecule has 3 aromatic rings. The Hall–Kier alpha value is -2.84. The molecule has 2 unspecified atom stereocenters. The molecule has 3 heteroatoms. The molecule has 1 fully saturated rings. The summed E-state index contributed by atoms with van der Waals surface area (Å²) in [4.78, 5) is 2.39. The van der Waals surface area contributed by atoms with Gasteiger partial charge >= 0.3 is 0 Å². The molecule has 216 valence electrons. The zero-order chi connectivity index (χ0) is 28.8. The van der Waals surface area contributed by atoms with Gasteiger partial charge in [0.1, 0.15) is 6.54 Å². The third kappa shape index (κ3) is 5.91. The summed E-state index contributed by atoms with van der Waals surface area (Å²) in [5.74, 6) is 1.59. The van der Waals surface area contributed by atoms with Crippen LogP contribution in [0, 0.1) is 11.8 Å². The number of unbranched alkanes of at least 4 members (excludes halogenated alkanes) is 1. The molecule has 0 bridgehead atoms. The summed E-state index contributed by atoms with van der Waals surface area (Å²) in [5, 5.41) is 2.61. The number of allylic oxidation sites excluding steroid dienone is 2. The van der Waals surface area contributed by atoms with E-state index in [0.29, 0.717) is 5.88 Å². The van der Waals surface area contributed by atoms with Crippen molar-refractivity contribution in [2.24, 2.45) is 11.8 Å². The summed E-state index contributed by atoms with van der Waals surface area (Å²) in [6, 6.07) is 22.5. The lowest BCUT2D eigenvalue weighted by atomic mass is 9.68. The number of hydrogen-bond acceptors (Lipinski definition) is 1. The van der Waals surface area contributed by atoms with Crippen molar-refractivity contribution in [2.75, 3.05) is 30.4 Å². The Labute approximate surface area is 253 Å². The molecule has 2 nitrogen and oxygen atoms in total. The van der Waals surface area contributed by atoms with E-state index in [1.807, 2.05) is 0 Å². The van der Waals surface area contributed by atoms with Crippen LogP contribution in [-0.4, -0.2) is 35.8 Å². The summed E-state index contributed by atoms with van der Waals surface area (Å²) in [6.07, 6.45) is 16.3. The van der Waals surface area contributed by atoms with Crippen molar-refractivity contribution in [2.45, 2.75) is 71.1 Å². The van der Waals surface area contributed by atoms with Gasteiger partial charge in [0.05, 0.1) is 5.41 Å². The van der Waals surface area contributed by atoms with Crippen molar-refractivity contribution < 1.29 is 4.58 Å². The van der Waals surface area contributed by atoms with Crippen LogP contribution in [0.15, 0.2) is 79.4 Å². The summed E-state index contributed by atoms with van der Waals surface area (Å²) >= 11 is 6.73. The van der Waals surface area contributed by atoms with E-state index in [1.165, 1.54) is 83.9 Å². The van der Waals surface area contributed by atoms with Gasteiger partial charge in [-0.15, -0.1) is 18.2 Å². The molecule has 3 aromatic carbocycles. The van der Waals surface area contributed by atoms with E-state index in [9.17, 15) is 0 Å². The lowest BCUT2D eigenvalue weighted by molar-refractivity contribution is -0.438. The molecular weight excluding hydrogens is 520 g/mol. The second-order valence-corrected chi connectivity index (χ2v) is 12.5. The molecule has 0 spiro atoms. The van der Waals surface area contributed by atoms with Crippen molar-refractivity contribution >= 4 is 45.5 Å². The normalized spacial score (nSPS) is 19.8. The van der Waals surface area contributed by atoms with E-state index in [-0.39, 0.29) is 11.3 Å². The molecule has 0 saturated heterocycles. The molecule has 41 heavy (non-hydrogen) atoms. The minimum Gasteiger partial charge on any atom is -0.372 e. The van der Waals surface area contributed by atoms with Crippen LogP contribution in [0.2, 0.25) is 0 Å². The van der Waals surface area contributed by atoms with E-state index in [2.05, 4.69) is 116 Å². The van der Waals surface area contributed by atoms with Crippen LogP contribution >= 0.6 is 11.6 Å². The predicted octanol–water partition coefficient (Wildman–Crippen LogP) is 10.2. The van der Waals surface area contributed by atoms with E-state index in [4.69, 9.17) is 11.6 Å². The smallest absolute Gasteiger partial charge is 0.210 e. The Balaban J connectivity index is 1.56. The Morgan fingerprint density at radius 2 is 1.71 bits per heavy atom. The number of fused-ring (bicyclic) bond motifs is 3. The highest BCUT2D eigenvalue weighted by Gasteiger charge is 2.52. The summed E-state index contributed by atoms with van der Waals surface area (Å²) < 4.78 is 2.61.